The molecule has 1 saturated heterocycles. The zero-order valence-electron chi connectivity index (χ0n) is 8.62. The highest BCUT2D eigenvalue weighted by atomic mass is 16.2. The summed E-state index contributed by atoms with van der Waals surface area (Å²) < 4.78 is 0. The van der Waals surface area contributed by atoms with Gasteiger partial charge in [-0.05, 0) is 32.6 Å². The van der Waals surface area contributed by atoms with Gasteiger partial charge in [0.1, 0.15) is 0 Å². The zero-order valence-corrected chi connectivity index (χ0v) is 8.62. The van der Waals surface area contributed by atoms with Crippen LogP contribution in [0.2, 0.25) is 0 Å². The molecule has 0 saturated carbocycles. The summed E-state index contributed by atoms with van der Waals surface area (Å²) in [6.07, 6.45) is 4.24. The van der Waals surface area contributed by atoms with Gasteiger partial charge < -0.3 is 10.6 Å². The van der Waals surface area contributed by atoms with Crippen molar-refractivity contribution < 1.29 is 4.79 Å². The van der Waals surface area contributed by atoms with Crippen molar-refractivity contribution in [2.75, 3.05) is 6.54 Å². The van der Waals surface area contributed by atoms with Crippen molar-refractivity contribution in [1.82, 2.24) is 4.90 Å². The second-order valence-corrected chi connectivity index (χ2v) is 3.89. The molecule has 2 atom stereocenters. The Morgan fingerprint density at radius 3 is 2.85 bits per heavy atom. The van der Waals surface area contributed by atoms with E-state index in [0.717, 1.165) is 25.8 Å². The quantitative estimate of drug-likeness (QED) is 0.699. The van der Waals surface area contributed by atoms with E-state index in [4.69, 9.17) is 5.73 Å². The lowest BCUT2D eigenvalue weighted by Gasteiger charge is -2.34. The summed E-state index contributed by atoms with van der Waals surface area (Å²) in [4.78, 5) is 13.7. The van der Waals surface area contributed by atoms with Crippen LogP contribution >= 0.6 is 0 Å². The molecule has 0 radical (unpaired) electrons. The van der Waals surface area contributed by atoms with Crippen LogP contribution in [0.25, 0.3) is 0 Å². The maximum Gasteiger partial charge on any atom is 0.239 e. The van der Waals surface area contributed by atoms with Gasteiger partial charge in [0, 0.05) is 12.6 Å². The molecule has 0 spiro atoms. The smallest absolute Gasteiger partial charge is 0.239 e. The summed E-state index contributed by atoms with van der Waals surface area (Å²) in [7, 11) is 0. The van der Waals surface area contributed by atoms with Crippen LogP contribution in [0, 0.1) is 0 Å². The van der Waals surface area contributed by atoms with Crippen molar-refractivity contribution in [2.45, 2.75) is 51.6 Å². The van der Waals surface area contributed by atoms with Gasteiger partial charge in [-0.15, -0.1) is 0 Å². The van der Waals surface area contributed by atoms with Crippen LogP contribution in [0.1, 0.15) is 39.5 Å². The van der Waals surface area contributed by atoms with Crippen LogP contribution < -0.4 is 5.73 Å². The predicted molar refractivity (Wildman–Crippen MR) is 53.3 cm³/mol. The first kappa shape index (κ1) is 10.5. The van der Waals surface area contributed by atoms with Gasteiger partial charge in [-0.3, -0.25) is 4.79 Å². The van der Waals surface area contributed by atoms with E-state index in [9.17, 15) is 4.79 Å². The number of nitrogens with zero attached hydrogens (tertiary/aromatic N) is 1. The van der Waals surface area contributed by atoms with Gasteiger partial charge in [-0.25, -0.2) is 0 Å². The van der Waals surface area contributed by atoms with E-state index in [1.807, 2.05) is 11.8 Å². The summed E-state index contributed by atoms with van der Waals surface area (Å²) in [6.45, 7) is 4.96. The Bertz CT molecular complexity index is 182. The van der Waals surface area contributed by atoms with Crippen molar-refractivity contribution in [3.05, 3.63) is 0 Å². The highest BCUT2D eigenvalue weighted by Crippen LogP contribution is 2.17. The van der Waals surface area contributed by atoms with E-state index in [1.54, 1.807) is 0 Å². The fraction of sp³-hybridized carbons (Fsp3) is 0.900. The summed E-state index contributed by atoms with van der Waals surface area (Å²) in [5.74, 6) is 0.134. The number of carbonyl (C=O) groups excluding carboxylic acids is 1. The van der Waals surface area contributed by atoms with Gasteiger partial charge in [0.05, 0.1) is 6.04 Å². The van der Waals surface area contributed by atoms with E-state index in [-0.39, 0.29) is 11.9 Å². The lowest BCUT2D eigenvalue weighted by Crippen LogP contribution is -2.49. The number of likely N-dealkylation sites (tertiary alicyclic amines) is 1. The van der Waals surface area contributed by atoms with Crippen molar-refractivity contribution in [3.8, 4) is 0 Å². The second-order valence-electron chi connectivity index (χ2n) is 3.89. The molecule has 2 unspecified atom stereocenters. The van der Waals surface area contributed by atoms with Gasteiger partial charge in [0.15, 0.2) is 0 Å². The van der Waals surface area contributed by atoms with E-state index in [2.05, 4.69) is 6.92 Å². The van der Waals surface area contributed by atoms with Crippen LogP contribution in [0.5, 0.6) is 0 Å². The Balaban J connectivity index is 2.53. The number of amides is 1. The number of piperidine rings is 1. The third-order valence-corrected chi connectivity index (χ3v) is 2.84. The fourth-order valence-corrected chi connectivity index (χ4v) is 1.81. The first-order valence-electron chi connectivity index (χ1n) is 5.23. The summed E-state index contributed by atoms with van der Waals surface area (Å²) >= 11 is 0. The SMILES string of the molecule is CCC(N)C(=O)N1CCCCC1C. The minimum Gasteiger partial charge on any atom is -0.339 e. The number of carbonyl (C=O) groups is 1. The lowest BCUT2D eigenvalue weighted by atomic mass is 10.0. The average molecular weight is 184 g/mol. The van der Waals surface area contributed by atoms with Crippen molar-refractivity contribution in [1.29, 1.82) is 0 Å². The maximum atomic E-state index is 11.7. The van der Waals surface area contributed by atoms with E-state index < -0.39 is 0 Å². The van der Waals surface area contributed by atoms with Crippen LogP contribution in [0.15, 0.2) is 0 Å². The average Bonchev–Trinajstić information content (AvgIpc) is 2.16. The van der Waals surface area contributed by atoms with Crippen LogP contribution in [-0.4, -0.2) is 29.4 Å². The van der Waals surface area contributed by atoms with E-state index in [1.165, 1.54) is 6.42 Å². The minimum atomic E-state index is -0.291. The first-order valence-corrected chi connectivity index (χ1v) is 5.23. The number of nitrogens with two attached hydrogens (primary N) is 1. The summed E-state index contributed by atoms with van der Waals surface area (Å²) in [5.41, 5.74) is 5.72. The third-order valence-electron chi connectivity index (χ3n) is 2.84. The molecule has 1 amide bonds. The Kier molecular flexibility index (Phi) is 3.72. The summed E-state index contributed by atoms with van der Waals surface area (Å²) in [5, 5.41) is 0. The maximum absolute atomic E-state index is 11.7. The van der Waals surface area contributed by atoms with Gasteiger partial charge in [-0.2, -0.15) is 0 Å². The molecule has 3 nitrogen and oxygen atoms in total. The topological polar surface area (TPSA) is 46.3 Å². The van der Waals surface area contributed by atoms with Gasteiger partial charge >= 0.3 is 0 Å². The molecule has 13 heavy (non-hydrogen) atoms. The number of hydrogen-bond acceptors (Lipinski definition) is 2. The molecule has 0 aromatic rings. The molecule has 0 aromatic carbocycles. The third kappa shape index (κ3) is 2.44. The van der Waals surface area contributed by atoms with Gasteiger partial charge in [-0.1, -0.05) is 6.92 Å². The zero-order chi connectivity index (χ0) is 9.84. The van der Waals surface area contributed by atoms with Crippen molar-refractivity contribution in [3.63, 3.8) is 0 Å². The number of rotatable bonds is 2. The summed E-state index contributed by atoms with van der Waals surface area (Å²) in [6, 6.07) is 0.0967. The molecule has 1 aliphatic heterocycles. The second kappa shape index (κ2) is 4.61. The molecule has 1 aliphatic rings. The lowest BCUT2D eigenvalue weighted by molar-refractivity contribution is -0.135. The molecule has 0 aromatic heterocycles. The molecule has 76 valence electrons. The molecular weight excluding hydrogens is 164 g/mol. The Labute approximate surface area is 80.3 Å². The highest BCUT2D eigenvalue weighted by Gasteiger charge is 2.25. The Morgan fingerprint density at radius 1 is 1.62 bits per heavy atom. The first-order chi connectivity index (χ1) is 6.16. The number of hydrogen-bond donors (Lipinski definition) is 1. The van der Waals surface area contributed by atoms with Crippen LogP contribution in [-0.2, 0) is 4.79 Å². The molecule has 0 aliphatic carbocycles. The Morgan fingerprint density at radius 2 is 2.31 bits per heavy atom. The highest BCUT2D eigenvalue weighted by molar-refractivity contribution is 5.81. The van der Waals surface area contributed by atoms with E-state index >= 15 is 0 Å². The monoisotopic (exact) mass is 184 g/mol. The Hall–Kier alpha value is -0.570. The van der Waals surface area contributed by atoms with Crippen LogP contribution in [0.3, 0.4) is 0 Å². The molecule has 1 rings (SSSR count). The molecule has 1 heterocycles. The normalized spacial score (nSPS) is 25.8. The van der Waals surface area contributed by atoms with Gasteiger partial charge in [0.25, 0.3) is 0 Å². The van der Waals surface area contributed by atoms with Crippen molar-refractivity contribution in [2.24, 2.45) is 5.73 Å². The fourth-order valence-electron chi connectivity index (χ4n) is 1.81. The van der Waals surface area contributed by atoms with E-state index in [0.29, 0.717) is 6.04 Å². The molecular formula is C10H20N2O. The standard InChI is InChI=1S/C10H20N2O/c1-3-9(11)10(13)12-7-5-4-6-8(12)2/h8-9H,3-7,11H2,1-2H3. The molecule has 1 fully saturated rings. The predicted octanol–water partition coefficient (Wildman–Crippen LogP) is 1.12. The minimum absolute atomic E-state index is 0.134. The largest absolute Gasteiger partial charge is 0.339 e. The van der Waals surface area contributed by atoms with Crippen molar-refractivity contribution >= 4 is 5.91 Å². The molecule has 2 N–H and O–H groups in total. The van der Waals surface area contributed by atoms with Gasteiger partial charge in [0.2, 0.25) is 5.91 Å². The molecule has 3 heteroatoms. The van der Waals surface area contributed by atoms with Crippen LogP contribution in [0.4, 0.5) is 0 Å². The molecule has 0 bridgehead atoms.